The summed E-state index contributed by atoms with van der Waals surface area (Å²) in [6, 6.07) is 19.6. The van der Waals surface area contributed by atoms with E-state index in [-0.39, 0.29) is 11.2 Å². The monoisotopic (exact) mass is 458 g/mol. The van der Waals surface area contributed by atoms with Crippen LogP contribution in [-0.2, 0) is 4.79 Å². The molecule has 8 heteroatoms. The van der Waals surface area contributed by atoms with E-state index >= 15 is 0 Å². The van der Waals surface area contributed by atoms with Gasteiger partial charge in [-0.1, -0.05) is 30.0 Å². The highest BCUT2D eigenvalue weighted by atomic mass is 32.2. The molecule has 0 aliphatic heterocycles. The molecular weight excluding hydrogens is 432 g/mol. The van der Waals surface area contributed by atoms with Crippen molar-refractivity contribution in [2.24, 2.45) is 0 Å². The number of para-hydroxylation sites is 1. The first kappa shape index (κ1) is 22.5. The van der Waals surface area contributed by atoms with Gasteiger partial charge in [0.25, 0.3) is 0 Å². The smallest absolute Gasteiger partial charge is 0.237 e. The van der Waals surface area contributed by atoms with Crippen molar-refractivity contribution in [1.29, 1.82) is 0 Å². The molecule has 2 aromatic heterocycles. The Hall–Kier alpha value is -3.65. The van der Waals surface area contributed by atoms with Gasteiger partial charge in [0.1, 0.15) is 0 Å². The molecule has 0 bridgehead atoms. The number of aromatic nitrogens is 4. The first-order chi connectivity index (χ1) is 15.9. The molecule has 1 atom stereocenters. The van der Waals surface area contributed by atoms with Crippen LogP contribution in [0.2, 0.25) is 0 Å². The topological polar surface area (TPSA) is 75.9 Å². The number of thioether (sulfide) groups is 1. The summed E-state index contributed by atoms with van der Waals surface area (Å²) in [6.07, 6.45) is 3.49. The number of nitrogens with zero attached hydrogens (tertiary/aromatic N) is 5. The van der Waals surface area contributed by atoms with Gasteiger partial charge < -0.3 is 10.2 Å². The molecule has 7 nitrogen and oxygen atoms in total. The van der Waals surface area contributed by atoms with Crippen LogP contribution in [-0.4, -0.2) is 45.0 Å². The number of carbonyl (C=O) groups is 1. The quantitative estimate of drug-likeness (QED) is 0.400. The van der Waals surface area contributed by atoms with Crippen LogP contribution in [0.25, 0.3) is 17.1 Å². The highest BCUT2D eigenvalue weighted by Crippen LogP contribution is 2.31. The molecule has 0 saturated carbocycles. The Bertz CT molecular complexity index is 1240. The predicted octanol–water partition coefficient (Wildman–Crippen LogP) is 4.82. The number of aryl methyl sites for hydroxylation is 1. The lowest BCUT2D eigenvalue weighted by atomic mass is 10.2. The third-order valence-corrected chi connectivity index (χ3v) is 6.25. The van der Waals surface area contributed by atoms with Crippen LogP contribution in [0.15, 0.2) is 78.2 Å². The maximum atomic E-state index is 12.9. The van der Waals surface area contributed by atoms with E-state index in [9.17, 15) is 4.79 Å². The molecule has 2 aromatic carbocycles. The number of nitrogens with one attached hydrogen (secondary N) is 1. The molecule has 0 saturated heterocycles. The van der Waals surface area contributed by atoms with E-state index in [0.29, 0.717) is 11.0 Å². The van der Waals surface area contributed by atoms with Crippen molar-refractivity contribution in [3.05, 3.63) is 78.6 Å². The Labute approximate surface area is 197 Å². The van der Waals surface area contributed by atoms with Crippen molar-refractivity contribution in [3.8, 4) is 17.1 Å². The molecule has 33 heavy (non-hydrogen) atoms. The summed E-state index contributed by atoms with van der Waals surface area (Å²) >= 11 is 1.37. The standard InChI is InChI=1S/C25H26N6OS/c1-17-8-5-6-10-22(17)31-23(19-9-7-15-26-16-19)28-29-25(31)33-18(2)24(32)27-20-11-13-21(14-12-20)30(3)4/h5-16,18H,1-4H3,(H,27,32)/t18-/m0/s1. The van der Waals surface area contributed by atoms with Gasteiger partial charge in [-0.05, 0) is 61.9 Å². The van der Waals surface area contributed by atoms with Gasteiger partial charge in [0.15, 0.2) is 11.0 Å². The molecule has 0 fully saturated rings. The number of benzene rings is 2. The van der Waals surface area contributed by atoms with E-state index in [1.54, 1.807) is 12.4 Å². The molecule has 0 aliphatic rings. The second-order valence-corrected chi connectivity index (χ2v) is 9.17. The van der Waals surface area contributed by atoms with Crippen LogP contribution in [0.5, 0.6) is 0 Å². The Morgan fingerprint density at radius 1 is 1.03 bits per heavy atom. The third-order valence-electron chi connectivity index (χ3n) is 5.21. The fraction of sp³-hybridized carbons (Fsp3) is 0.200. The van der Waals surface area contributed by atoms with Gasteiger partial charge in [-0.2, -0.15) is 0 Å². The average Bonchev–Trinajstić information content (AvgIpc) is 3.23. The molecule has 0 radical (unpaired) electrons. The molecule has 1 N–H and O–H groups in total. The summed E-state index contributed by atoms with van der Waals surface area (Å²) in [5.74, 6) is 0.589. The first-order valence-corrected chi connectivity index (χ1v) is 11.5. The fourth-order valence-corrected chi connectivity index (χ4v) is 4.22. The van der Waals surface area contributed by atoms with Gasteiger partial charge in [0.05, 0.1) is 10.9 Å². The lowest BCUT2D eigenvalue weighted by Gasteiger charge is -2.16. The molecule has 4 aromatic rings. The lowest BCUT2D eigenvalue weighted by Crippen LogP contribution is -2.23. The van der Waals surface area contributed by atoms with E-state index in [4.69, 9.17) is 0 Å². The Kier molecular flexibility index (Phi) is 6.74. The van der Waals surface area contributed by atoms with Gasteiger partial charge in [-0.15, -0.1) is 10.2 Å². The molecule has 1 amide bonds. The minimum Gasteiger partial charge on any atom is -0.378 e. The van der Waals surface area contributed by atoms with Crippen LogP contribution in [0, 0.1) is 6.92 Å². The fourth-order valence-electron chi connectivity index (χ4n) is 3.36. The minimum atomic E-state index is -0.382. The second-order valence-electron chi connectivity index (χ2n) is 7.86. The van der Waals surface area contributed by atoms with Gasteiger partial charge in [0.2, 0.25) is 5.91 Å². The van der Waals surface area contributed by atoms with Crippen LogP contribution < -0.4 is 10.2 Å². The van der Waals surface area contributed by atoms with Gasteiger partial charge in [0, 0.05) is 43.4 Å². The average molecular weight is 459 g/mol. The number of hydrogen-bond acceptors (Lipinski definition) is 6. The summed E-state index contributed by atoms with van der Waals surface area (Å²) in [4.78, 5) is 19.2. The molecule has 2 heterocycles. The number of carbonyl (C=O) groups excluding carboxylic acids is 1. The molecule has 0 spiro atoms. The largest absolute Gasteiger partial charge is 0.378 e. The van der Waals surface area contributed by atoms with Gasteiger partial charge in [-0.3, -0.25) is 14.3 Å². The summed E-state index contributed by atoms with van der Waals surface area (Å²) in [5, 5.41) is 12.1. The van der Waals surface area contributed by atoms with Gasteiger partial charge >= 0.3 is 0 Å². The van der Waals surface area contributed by atoms with Crippen molar-refractivity contribution >= 4 is 29.0 Å². The van der Waals surface area contributed by atoms with E-state index in [1.165, 1.54) is 11.8 Å². The highest BCUT2D eigenvalue weighted by Gasteiger charge is 2.22. The summed E-state index contributed by atoms with van der Waals surface area (Å²) in [5.41, 5.74) is 4.75. The van der Waals surface area contributed by atoms with Crippen molar-refractivity contribution in [2.75, 3.05) is 24.3 Å². The number of amides is 1. The molecule has 168 valence electrons. The number of rotatable bonds is 7. The minimum absolute atomic E-state index is 0.0973. The Morgan fingerprint density at radius 2 is 1.79 bits per heavy atom. The molecule has 0 unspecified atom stereocenters. The zero-order valence-electron chi connectivity index (χ0n) is 19.1. The maximum Gasteiger partial charge on any atom is 0.237 e. The van der Waals surface area contributed by atoms with Crippen molar-refractivity contribution < 1.29 is 4.79 Å². The third kappa shape index (κ3) is 5.06. The summed E-state index contributed by atoms with van der Waals surface area (Å²) in [6.45, 7) is 3.92. The second kappa shape index (κ2) is 9.87. The molecule has 4 rings (SSSR count). The number of pyridine rings is 1. The van der Waals surface area contributed by atoms with E-state index < -0.39 is 0 Å². The van der Waals surface area contributed by atoms with Crippen LogP contribution in [0.4, 0.5) is 11.4 Å². The summed E-state index contributed by atoms with van der Waals surface area (Å²) in [7, 11) is 3.97. The molecule has 0 aliphatic carbocycles. The van der Waals surface area contributed by atoms with Crippen molar-refractivity contribution in [3.63, 3.8) is 0 Å². The van der Waals surface area contributed by atoms with Crippen LogP contribution in [0.1, 0.15) is 12.5 Å². The zero-order valence-corrected chi connectivity index (χ0v) is 19.9. The highest BCUT2D eigenvalue weighted by molar-refractivity contribution is 8.00. The number of hydrogen-bond donors (Lipinski definition) is 1. The molecular formula is C25H26N6OS. The predicted molar refractivity (Wildman–Crippen MR) is 134 cm³/mol. The Morgan fingerprint density at radius 3 is 2.45 bits per heavy atom. The SMILES string of the molecule is Cc1ccccc1-n1c(S[C@@H](C)C(=O)Nc2ccc(N(C)C)cc2)nnc1-c1cccnc1. The van der Waals surface area contributed by atoms with E-state index in [0.717, 1.165) is 28.2 Å². The normalized spacial score (nSPS) is 11.8. The van der Waals surface area contributed by atoms with Gasteiger partial charge in [-0.25, -0.2) is 0 Å². The van der Waals surface area contributed by atoms with Crippen molar-refractivity contribution in [2.45, 2.75) is 24.3 Å². The van der Waals surface area contributed by atoms with E-state index in [1.807, 2.05) is 98.1 Å². The Balaban J connectivity index is 1.60. The zero-order chi connectivity index (χ0) is 23.4. The maximum absolute atomic E-state index is 12.9. The van der Waals surface area contributed by atoms with Crippen LogP contribution in [0.3, 0.4) is 0 Å². The first-order valence-electron chi connectivity index (χ1n) is 10.6. The van der Waals surface area contributed by atoms with Crippen LogP contribution >= 0.6 is 11.8 Å². The lowest BCUT2D eigenvalue weighted by molar-refractivity contribution is -0.115. The van der Waals surface area contributed by atoms with E-state index in [2.05, 4.69) is 20.5 Å². The van der Waals surface area contributed by atoms with Crippen molar-refractivity contribution in [1.82, 2.24) is 19.7 Å². The summed E-state index contributed by atoms with van der Waals surface area (Å²) < 4.78 is 1.99. The number of anilines is 2.